The summed E-state index contributed by atoms with van der Waals surface area (Å²) in [4.78, 5) is 4.66. The van der Waals surface area contributed by atoms with Gasteiger partial charge in [0.05, 0.1) is 21.7 Å². The van der Waals surface area contributed by atoms with Gasteiger partial charge in [-0.3, -0.25) is 4.98 Å². The highest BCUT2D eigenvalue weighted by molar-refractivity contribution is 6.30. The van der Waals surface area contributed by atoms with Crippen molar-refractivity contribution in [2.75, 3.05) is 0 Å². The van der Waals surface area contributed by atoms with E-state index in [0.717, 1.165) is 38.6 Å². The van der Waals surface area contributed by atoms with Gasteiger partial charge in [-0.2, -0.15) is 5.10 Å². The molecule has 0 amide bonds. The van der Waals surface area contributed by atoms with Gasteiger partial charge in [-0.1, -0.05) is 54.1 Å². The van der Waals surface area contributed by atoms with Crippen molar-refractivity contribution in [3.63, 3.8) is 0 Å². The third-order valence-electron chi connectivity index (χ3n) is 4.86. The lowest BCUT2D eigenvalue weighted by atomic mass is 10.1. The molecule has 5 rings (SSSR count). The molecule has 5 aromatic rings. The van der Waals surface area contributed by atoms with Crippen LogP contribution in [0.3, 0.4) is 0 Å². The Bertz CT molecular complexity index is 1340. The highest BCUT2D eigenvalue weighted by Crippen LogP contribution is 2.34. The van der Waals surface area contributed by atoms with Gasteiger partial charge >= 0.3 is 0 Å². The third-order valence-corrected chi connectivity index (χ3v) is 5.15. The van der Waals surface area contributed by atoms with Crippen molar-refractivity contribution in [2.45, 2.75) is 6.92 Å². The topological polar surface area (TPSA) is 30.7 Å². The zero-order chi connectivity index (χ0) is 19.3. The molecular formula is C23H15ClFN3. The van der Waals surface area contributed by atoms with Crippen LogP contribution in [-0.2, 0) is 0 Å². The van der Waals surface area contributed by atoms with E-state index in [1.54, 1.807) is 12.1 Å². The minimum Gasteiger partial charge on any atom is -0.255 e. The van der Waals surface area contributed by atoms with Crippen molar-refractivity contribution < 1.29 is 4.39 Å². The summed E-state index contributed by atoms with van der Waals surface area (Å²) >= 11 is 6.05. The molecule has 0 aliphatic heterocycles. The largest absolute Gasteiger partial charge is 0.255 e. The van der Waals surface area contributed by atoms with E-state index in [4.69, 9.17) is 16.7 Å². The second-order valence-electron chi connectivity index (χ2n) is 6.77. The molecule has 136 valence electrons. The number of aryl methyl sites for hydroxylation is 1. The van der Waals surface area contributed by atoms with Crippen molar-refractivity contribution in [3.8, 4) is 16.9 Å². The number of hydrogen-bond donors (Lipinski definition) is 0. The van der Waals surface area contributed by atoms with E-state index in [9.17, 15) is 4.39 Å². The summed E-state index contributed by atoms with van der Waals surface area (Å²) in [5.41, 5.74) is 5.47. The number of nitrogens with zero attached hydrogens (tertiary/aromatic N) is 3. The van der Waals surface area contributed by atoms with Gasteiger partial charge in [-0.05, 0) is 36.8 Å². The van der Waals surface area contributed by atoms with Gasteiger partial charge in [-0.25, -0.2) is 9.07 Å². The van der Waals surface area contributed by atoms with Crippen molar-refractivity contribution in [2.24, 2.45) is 0 Å². The molecule has 0 aliphatic rings. The summed E-state index contributed by atoms with van der Waals surface area (Å²) in [7, 11) is 0. The number of hydrogen-bond acceptors (Lipinski definition) is 2. The van der Waals surface area contributed by atoms with E-state index in [-0.39, 0.29) is 5.02 Å². The second kappa shape index (κ2) is 6.43. The van der Waals surface area contributed by atoms with Crippen LogP contribution in [0.4, 0.5) is 4.39 Å². The molecule has 0 saturated heterocycles. The normalized spacial score (nSPS) is 11.4. The lowest BCUT2D eigenvalue weighted by molar-refractivity contribution is 0.627. The van der Waals surface area contributed by atoms with Crippen LogP contribution in [-0.4, -0.2) is 14.8 Å². The van der Waals surface area contributed by atoms with Crippen LogP contribution in [0, 0.1) is 12.7 Å². The standard InChI is InChI=1S/C23H15ClFN3/c1-14-7-9-17-21(11-14)26-13-18-22(15-5-3-2-4-6-15)27-28(23(17)18)16-8-10-20(25)19(24)12-16/h2-13H,1H3. The van der Waals surface area contributed by atoms with Crippen molar-refractivity contribution in [1.82, 2.24) is 14.8 Å². The Hall–Kier alpha value is -3.24. The minimum atomic E-state index is -0.452. The Morgan fingerprint density at radius 1 is 0.929 bits per heavy atom. The number of halogens is 2. The summed E-state index contributed by atoms with van der Waals surface area (Å²) in [6.07, 6.45) is 1.86. The minimum absolute atomic E-state index is 0.0663. The van der Waals surface area contributed by atoms with E-state index in [1.807, 2.05) is 54.2 Å². The maximum atomic E-state index is 13.7. The maximum Gasteiger partial charge on any atom is 0.141 e. The van der Waals surface area contributed by atoms with Gasteiger partial charge in [0.1, 0.15) is 11.5 Å². The van der Waals surface area contributed by atoms with Gasteiger partial charge in [0.15, 0.2) is 0 Å². The Kier molecular flexibility index (Phi) is 3.88. The predicted octanol–water partition coefficient (Wildman–Crippen LogP) is 6.34. The summed E-state index contributed by atoms with van der Waals surface area (Å²) in [6.45, 7) is 2.04. The van der Waals surface area contributed by atoms with Gasteiger partial charge in [0, 0.05) is 22.5 Å². The molecule has 0 spiro atoms. The highest BCUT2D eigenvalue weighted by Gasteiger charge is 2.17. The number of rotatable bonds is 2. The van der Waals surface area contributed by atoms with Gasteiger partial charge in [0.2, 0.25) is 0 Å². The Morgan fingerprint density at radius 2 is 1.75 bits per heavy atom. The van der Waals surface area contributed by atoms with Gasteiger partial charge in [-0.15, -0.1) is 0 Å². The van der Waals surface area contributed by atoms with Gasteiger partial charge in [0.25, 0.3) is 0 Å². The summed E-state index contributed by atoms with van der Waals surface area (Å²) in [5, 5.41) is 6.85. The van der Waals surface area contributed by atoms with Crippen LogP contribution in [0.5, 0.6) is 0 Å². The molecule has 0 radical (unpaired) electrons. The fraction of sp³-hybridized carbons (Fsp3) is 0.0435. The zero-order valence-electron chi connectivity index (χ0n) is 15.0. The van der Waals surface area contributed by atoms with Gasteiger partial charge < -0.3 is 0 Å². The molecule has 0 N–H and O–H groups in total. The molecule has 3 nitrogen and oxygen atoms in total. The lowest BCUT2D eigenvalue weighted by Crippen LogP contribution is -1.98. The third kappa shape index (κ3) is 2.65. The number of benzene rings is 3. The van der Waals surface area contributed by atoms with Crippen LogP contribution < -0.4 is 0 Å². The molecule has 0 fully saturated rings. The zero-order valence-corrected chi connectivity index (χ0v) is 15.8. The fourth-order valence-electron chi connectivity index (χ4n) is 3.51. The van der Waals surface area contributed by atoms with E-state index < -0.39 is 5.82 Å². The van der Waals surface area contributed by atoms with Crippen LogP contribution in [0.25, 0.3) is 38.8 Å². The van der Waals surface area contributed by atoms with Crippen LogP contribution >= 0.6 is 11.6 Å². The van der Waals surface area contributed by atoms with E-state index in [0.29, 0.717) is 5.69 Å². The number of aromatic nitrogens is 3. The molecule has 2 heterocycles. The molecule has 0 unspecified atom stereocenters. The summed E-state index contributed by atoms with van der Waals surface area (Å²) in [5.74, 6) is -0.452. The van der Waals surface area contributed by atoms with Crippen LogP contribution in [0.2, 0.25) is 5.02 Å². The highest BCUT2D eigenvalue weighted by atomic mass is 35.5. The van der Waals surface area contributed by atoms with E-state index in [2.05, 4.69) is 17.1 Å². The first-order valence-electron chi connectivity index (χ1n) is 8.91. The Balaban J connectivity index is 1.91. The second-order valence-corrected chi connectivity index (χ2v) is 7.17. The van der Waals surface area contributed by atoms with E-state index >= 15 is 0 Å². The van der Waals surface area contributed by atoms with Crippen LogP contribution in [0.15, 0.2) is 72.9 Å². The molecule has 5 heteroatoms. The molecule has 2 aromatic heterocycles. The SMILES string of the molecule is Cc1ccc2c(c1)ncc1c(-c3ccccc3)nn(-c3ccc(F)c(Cl)c3)c12. The summed E-state index contributed by atoms with van der Waals surface area (Å²) in [6, 6.07) is 20.8. The monoisotopic (exact) mass is 387 g/mol. The smallest absolute Gasteiger partial charge is 0.141 e. The number of fused-ring (bicyclic) bond motifs is 3. The average Bonchev–Trinajstić information content (AvgIpc) is 3.10. The summed E-state index contributed by atoms with van der Waals surface area (Å²) < 4.78 is 15.5. The fourth-order valence-corrected chi connectivity index (χ4v) is 3.68. The van der Waals surface area contributed by atoms with E-state index in [1.165, 1.54) is 6.07 Å². The molecule has 0 atom stereocenters. The van der Waals surface area contributed by atoms with Crippen molar-refractivity contribution >= 4 is 33.4 Å². The van der Waals surface area contributed by atoms with Crippen LogP contribution in [0.1, 0.15) is 5.56 Å². The average molecular weight is 388 g/mol. The Morgan fingerprint density at radius 3 is 2.54 bits per heavy atom. The van der Waals surface area contributed by atoms with Crippen molar-refractivity contribution in [1.29, 1.82) is 0 Å². The molecule has 3 aromatic carbocycles. The molecule has 0 bridgehead atoms. The molecule has 0 saturated carbocycles. The molecule has 0 aliphatic carbocycles. The first kappa shape index (κ1) is 16.9. The Labute approximate surface area is 166 Å². The quantitative estimate of drug-likeness (QED) is 0.353. The first-order valence-corrected chi connectivity index (χ1v) is 9.28. The predicted molar refractivity (Wildman–Crippen MR) is 112 cm³/mol. The number of pyridine rings is 1. The first-order chi connectivity index (χ1) is 13.6. The van der Waals surface area contributed by atoms with Crippen molar-refractivity contribution in [3.05, 3.63) is 89.3 Å². The maximum absolute atomic E-state index is 13.7. The molecular weight excluding hydrogens is 373 g/mol. The molecule has 28 heavy (non-hydrogen) atoms. The lowest BCUT2D eigenvalue weighted by Gasteiger charge is -2.07.